The van der Waals surface area contributed by atoms with Gasteiger partial charge in [-0.25, -0.2) is 4.79 Å². The molecule has 1 aromatic carbocycles. The van der Waals surface area contributed by atoms with Crippen LogP contribution in [0.4, 0.5) is 11.4 Å². The Labute approximate surface area is 137 Å². The number of benzene rings is 1. The fourth-order valence-electron chi connectivity index (χ4n) is 1.87. The Morgan fingerprint density at radius 3 is 2.58 bits per heavy atom. The summed E-state index contributed by atoms with van der Waals surface area (Å²) in [7, 11) is 1.45. The molecule has 0 fully saturated rings. The molecule has 0 aliphatic heterocycles. The first-order chi connectivity index (χ1) is 11.5. The molecule has 2 amide bonds. The van der Waals surface area contributed by atoms with Crippen molar-refractivity contribution in [1.29, 1.82) is 0 Å². The highest BCUT2D eigenvalue weighted by Gasteiger charge is 2.13. The van der Waals surface area contributed by atoms with E-state index < -0.39 is 18.5 Å². The molecule has 0 atom stereocenters. The molecule has 126 valence electrons. The summed E-state index contributed by atoms with van der Waals surface area (Å²) in [5, 5.41) is 5.16. The fourth-order valence-corrected chi connectivity index (χ4v) is 1.87. The van der Waals surface area contributed by atoms with Crippen LogP contribution in [0.25, 0.3) is 0 Å². The third kappa shape index (κ3) is 4.60. The van der Waals surface area contributed by atoms with Crippen LogP contribution in [0.1, 0.15) is 17.3 Å². The summed E-state index contributed by atoms with van der Waals surface area (Å²) in [6.45, 7) is 0.898. The molecule has 8 nitrogen and oxygen atoms in total. The van der Waals surface area contributed by atoms with Gasteiger partial charge in [0.2, 0.25) is 5.91 Å². The van der Waals surface area contributed by atoms with Crippen molar-refractivity contribution in [2.45, 2.75) is 6.92 Å². The number of rotatable bonds is 6. The number of amides is 2. The van der Waals surface area contributed by atoms with Crippen molar-refractivity contribution >= 4 is 29.2 Å². The minimum Gasteiger partial charge on any atom is -0.495 e. The Morgan fingerprint density at radius 2 is 1.96 bits per heavy atom. The molecule has 0 saturated carbocycles. The first-order valence-electron chi connectivity index (χ1n) is 6.94. The molecule has 0 aliphatic rings. The predicted octanol–water partition coefficient (Wildman–Crippen LogP) is 2.04. The van der Waals surface area contributed by atoms with E-state index in [1.807, 2.05) is 0 Å². The van der Waals surface area contributed by atoms with Crippen LogP contribution >= 0.6 is 0 Å². The monoisotopic (exact) mass is 332 g/mol. The SMILES string of the molecule is COc1ccc(NC(C)=O)cc1NC(=O)COC(=O)c1ccoc1. The van der Waals surface area contributed by atoms with E-state index in [1.54, 1.807) is 12.1 Å². The zero-order chi connectivity index (χ0) is 17.5. The molecule has 0 saturated heterocycles. The van der Waals surface area contributed by atoms with E-state index in [2.05, 4.69) is 10.6 Å². The van der Waals surface area contributed by atoms with Gasteiger partial charge in [-0.15, -0.1) is 0 Å². The number of nitrogens with one attached hydrogen (secondary N) is 2. The van der Waals surface area contributed by atoms with E-state index in [0.29, 0.717) is 17.1 Å². The van der Waals surface area contributed by atoms with Crippen LogP contribution in [0.15, 0.2) is 41.2 Å². The molecule has 0 unspecified atom stereocenters. The van der Waals surface area contributed by atoms with Gasteiger partial charge in [0.05, 0.1) is 24.6 Å². The average molecular weight is 332 g/mol. The van der Waals surface area contributed by atoms with Gasteiger partial charge < -0.3 is 24.5 Å². The van der Waals surface area contributed by atoms with Gasteiger partial charge in [0.25, 0.3) is 5.91 Å². The molecular formula is C16H16N2O6. The highest BCUT2D eigenvalue weighted by atomic mass is 16.5. The Kier molecular flexibility index (Phi) is 5.56. The molecule has 2 N–H and O–H groups in total. The van der Waals surface area contributed by atoms with E-state index in [9.17, 15) is 14.4 Å². The van der Waals surface area contributed by atoms with Crippen molar-refractivity contribution in [3.05, 3.63) is 42.4 Å². The number of anilines is 2. The van der Waals surface area contributed by atoms with Gasteiger partial charge in [0.1, 0.15) is 12.0 Å². The summed E-state index contributed by atoms with van der Waals surface area (Å²) >= 11 is 0. The maximum atomic E-state index is 11.9. The smallest absolute Gasteiger partial charge is 0.341 e. The maximum Gasteiger partial charge on any atom is 0.341 e. The zero-order valence-electron chi connectivity index (χ0n) is 13.1. The van der Waals surface area contributed by atoms with Crippen molar-refractivity contribution in [2.24, 2.45) is 0 Å². The van der Waals surface area contributed by atoms with Crippen LogP contribution in [-0.2, 0) is 14.3 Å². The lowest BCUT2D eigenvalue weighted by Gasteiger charge is -2.12. The van der Waals surface area contributed by atoms with Gasteiger partial charge >= 0.3 is 5.97 Å². The Morgan fingerprint density at radius 1 is 1.17 bits per heavy atom. The van der Waals surface area contributed by atoms with E-state index >= 15 is 0 Å². The first-order valence-corrected chi connectivity index (χ1v) is 6.94. The molecular weight excluding hydrogens is 316 g/mol. The van der Waals surface area contributed by atoms with Crippen LogP contribution in [0.5, 0.6) is 5.75 Å². The van der Waals surface area contributed by atoms with Crippen LogP contribution in [0.2, 0.25) is 0 Å². The molecule has 0 spiro atoms. The molecule has 2 aromatic rings. The van der Waals surface area contributed by atoms with Gasteiger partial charge in [-0.05, 0) is 24.3 Å². The standard InChI is InChI=1S/C16H16N2O6/c1-10(19)17-12-3-4-14(22-2)13(7-12)18-15(20)9-24-16(21)11-5-6-23-8-11/h3-8H,9H2,1-2H3,(H,17,19)(H,18,20). The van der Waals surface area contributed by atoms with Gasteiger partial charge in [0, 0.05) is 12.6 Å². The maximum absolute atomic E-state index is 11.9. The highest BCUT2D eigenvalue weighted by molar-refractivity contribution is 5.97. The number of esters is 1. The quantitative estimate of drug-likeness (QED) is 0.784. The Hall–Kier alpha value is -3.29. The molecule has 1 aromatic heterocycles. The van der Waals surface area contributed by atoms with Crippen molar-refractivity contribution in [3.63, 3.8) is 0 Å². The van der Waals surface area contributed by atoms with Gasteiger partial charge in [-0.3, -0.25) is 9.59 Å². The summed E-state index contributed by atoms with van der Waals surface area (Å²) in [6, 6.07) is 6.20. The van der Waals surface area contributed by atoms with Crippen molar-refractivity contribution in [3.8, 4) is 5.75 Å². The second-order valence-corrected chi connectivity index (χ2v) is 4.73. The molecule has 0 bridgehead atoms. The largest absolute Gasteiger partial charge is 0.495 e. The molecule has 0 aliphatic carbocycles. The zero-order valence-corrected chi connectivity index (χ0v) is 13.1. The molecule has 24 heavy (non-hydrogen) atoms. The number of carbonyl (C=O) groups is 3. The first kappa shape index (κ1) is 17.1. The van der Waals surface area contributed by atoms with Crippen LogP contribution < -0.4 is 15.4 Å². The fraction of sp³-hybridized carbons (Fsp3) is 0.188. The van der Waals surface area contributed by atoms with Gasteiger partial charge in [-0.2, -0.15) is 0 Å². The minimum absolute atomic E-state index is 0.216. The second kappa shape index (κ2) is 7.82. The Bertz CT molecular complexity index is 739. The van der Waals surface area contributed by atoms with Crippen LogP contribution in [-0.4, -0.2) is 31.5 Å². The third-order valence-electron chi connectivity index (χ3n) is 2.89. The number of carbonyl (C=O) groups excluding carboxylic acids is 3. The van der Waals surface area contributed by atoms with E-state index in [0.717, 1.165) is 0 Å². The van der Waals surface area contributed by atoms with E-state index in [1.165, 1.54) is 38.7 Å². The highest BCUT2D eigenvalue weighted by Crippen LogP contribution is 2.27. The van der Waals surface area contributed by atoms with Crippen LogP contribution in [0.3, 0.4) is 0 Å². The van der Waals surface area contributed by atoms with E-state index in [4.69, 9.17) is 13.9 Å². The summed E-state index contributed by atoms with van der Waals surface area (Å²) in [6.07, 6.45) is 2.55. The topological polar surface area (TPSA) is 107 Å². The summed E-state index contributed by atoms with van der Waals surface area (Å²) in [5.41, 5.74) is 1.05. The predicted molar refractivity (Wildman–Crippen MR) is 84.9 cm³/mol. The molecule has 8 heteroatoms. The number of methoxy groups -OCH3 is 1. The number of hydrogen-bond donors (Lipinski definition) is 2. The summed E-state index contributed by atoms with van der Waals surface area (Å²) < 4.78 is 14.8. The van der Waals surface area contributed by atoms with Crippen molar-refractivity contribution in [1.82, 2.24) is 0 Å². The van der Waals surface area contributed by atoms with E-state index in [-0.39, 0.29) is 11.5 Å². The normalized spacial score (nSPS) is 9.92. The molecule has 0 radical (unpaired) electrons. The number of ether oxygens (including phenoxy) is 2. The van der Waals surface area contributed by atoms with Gasteiger partial charge in [0.15, 0.2) is 6.61 Å². The third-order valence-corrected chi connectivity index (χ3v) is 2.89. The van der Waals surface area contributed by atoms with Crippen molar-refractivity contribution < 1.29 is 28.3 Å². The lowest BCUT2D eigenvalue weighted by atomic mass is 10.2. The lowest BCUT2D eigenvalue weighted by Crippen LogP contribution is -2.21. The van der Waals surface area contributed by atoms with Crippen LogP contribution in [0, 0.1) is 0 Å². The average Bonchev–Trinajstić information content (AvgIpc) is 3.07. The minimum atomic E-state index is -0.669. The summed E-state index contributed by atoms with van der Waals surface area (Å²) in [5.74, 6) is -1.06. The summed E-state index contributed by atoms with van der Waals surface area (Å²) in [4.78, 5) is 34.7. The Balaban J connectivity index is 1.99. The van der Waals surface area contributed by atoms with Gasteiger partial charge in [-0.1, -0.05) is 0 Å². The number of hydrogen-bond acceptors (Lipinski definition) is 6. The number of furan rings is 1. The van der Waals surface area contributed by atoms with Crippen molar-refractivity contribution in [2.75, 3.05) is 24.4 Å². The molecule has 1 heterocycles. The molecule has 2 rings (SSSR count). The second-order valence-electron chi connectivity index (χ2n) is 4.73. The lowest BCUT2D eigenvalue weighted by molar-refractivity contribution is -0.119.